The summed E-state index contributed by atoms with van der Waals surface area (Å²) in [5.74, 6) is -0.227. The van der Waals surface area contributed by atoms with E-state index in [1.165, 1.54) is 46.6 Å². The number of thiazole rings is 1. The molecule has 0 atom stereocenters. The molecule has 25 heavy (non-hydrogen) atoms. The second-order valence-corrected chi connectivity index (χ2v) is 7.84. The smallest absolute Gasteiger partial charge is 0.236 e. The summed E-state index contributed by atoms with van der Waals surface area (Å²) in [7, 11) is 0. The Kier molecular flexibility index (Phi) is 5.95. The van der Waals surface area contributed by atoms with E-state index in [-0.39, 0.29) is 17.5 Å². The number of benzene rings is 1. The van der Waals surface area contributed by atoms with Crippen LogP contribution in [0.3, 0.4) is 0 Å². The molecule has 0 unspecified atom stereocenters. The Morgan fingerprint density at radius 2 is 2.04 bits per heavy atom. The molecular weight excluding hydrogens is 381 g/mol. The zero-order valence-electron chi connectivity index (χ0n) is 13.2. The summed E-state index contributed by atoms with van der Waals surface area (Å²) in [5, 5.41) is 16.9. The number of aromatic nitrogens is 3. The minimum Gasteiger partial charge on any atom is -0.360 e. The highest BCUT2D eigenvalue weighted by atomic mass is 32.2. The third-order valence-corrected chi connectivity index (χ3v) is 5.72. The number of carbonyl (C=O) groups excluding carboxylic acids is 1. The number of rotatable bonds is 7. The van der Waals surface area contributed by atoms with Gasteiger partial charge in [-0.1, -0.05) is 23.1 Å². The van der Waals surface area contributed by atoms with Gasteiger partial charge in [0.2, 0.25) is 11.0 Å². The lowest BCUT2D eigenvalue weighted by molar-refractivity contribution is -0.113. The van der Waals surface area contributed by atoms with Crippen molar-refractivity contribution in [1.29, 1.82) is 0 Å². The van der Waals surface area contributed by atoms with E-state index in [2.05, 4.69) is 25.8 Å². The molecule has 2 heterocycles. The van der Waals surface area contributed by atoms with Crippen molar-refractivity contribution >= 4 is 50.6 Å². The number of thioether (sulfide) groups is 1. The number of halogens is 1. The van der Waals surface area contributed by atoms with E-state index in [0.29, 0.717) is 10.8 Å². The third kappa shape index (κ3) is 4.97. The molecule has 3 aromatic rings. The summed E-state index contributed by atoms with van der Waals surface area (Å²) in [5.41, 5.74) is 1.50. The van der Waals surface area contributed by atoms with Crippen LogP contribution in [-0.2, 0) is 4.79 Å². The van der Waals surface area contributed by atoms with E-state index < -0.39 is 0 Å². The predicted octanol–water partition coefficient (Wildman–Crippen LogP) is 3.96. The van der Waals surface area contributed by atoms with Gasteiger partial charge in [-0.15, -0.1) is 21.5 Å². The Morgan fingerprint density at radius 1 is 1.24 bits per heavy atom. The van der Waals surface area contributed by atoms with E-state index in [1.54, 1.807) is 12.1 Å². The number of hydrogen-bond donors (Lipinski definition) is 2. The Hall–Kier alpha value is -2.04. The van der Waals surface area contributed by atoms with Gasteiger partial charge < -0.3 is 10.6 Å². The largest absolute Gasteiger partial charge is 0.360 e. The van der Waals surface area contributed by atoms with Crippen LogP contribution in [0.5, 0.6) is 0 Å². The normalized spacial score (nSPS) is 10.6. The average molecular weight is 396 g/mol. The molecule has 6 nitrogen and oxygen atoms in total. The van der Waals surface area contributed by atoms with Crippen molar-refractivity contribution in [3.8, 4) is 11.3 Å². The lowest BCUT2D eigenvalue weighted by Crippen LogP contribution is -2.13. The van der Waals surface area contributed by atoms with Gasteiger partial charge in [-0.25, -0.2) is 9.37 Å². The van der Waals surface area contributed by atoms with Crippen LogP contribution in [0.2, 0.25) is 0 Å². The summed E-state index contributed by atoms with van der Waals surface area (Å²) in [6.07, 6.45) is 0. The van der Waals surface area contributed by atoms with Gasteiger partial charge in [0.15, 0.2) is 9.47 Å². The molecule has 2 aromatic heterocycles. The van der Waals surface area contributed by atoms with Crippen molar-refractivity contribution < 1.29 is 9.18 Å². The van der Waals surface area contributed by atoms with Crippen molar-refractivity contribution in [2.45, 2.75) is 11.3 Å². The van der Waals surface area contributed by atoms with E-state index in [0.717, 1.165) is 21.6 Å². The maximum Gasteiger partial charge on any atom is 0.236 e. The molecular formula is C15H14FN5OS3. The summed E-state index contributed by atoms with van der Waals surface area (Å²) < 4.78 is 13.7. The Bertz CT molecular complexity index is 849. The highest BCUT2D eigenvalue weighted by Crippen LogP contribution is 2.27. The lowest BCUT2D eigenvalue weighted by atomic mass is 10.2. The van der Waals surface area contributed by atoms with Crippen molar-refractivity contribution in [3.63, 3.8) is 0 Å². The highest BCUT2D eigenvalue weighted by Gasteiger charge is 2.11. The summed E-state index contributed by atoms with van der Waals surface area (Å²) in [6, 6.07) is 6.08. The van der Waals surface area contributed by atoms with Gasteiger partial charge in [-0.05, 0) is 31.2 Å². The van der Waals surface area contributed by atoms with Crippen LogP contribution < -0.4 is 10.6 Å². The van der Waals surface area contributed by atoms with Crippen molar-refractivity contribution in [3.05, 3.63) is 35.5 Å². The quantitative estimate of drug-likeness (QED) is 0.590. The van der Waals surface area contributed by atoms with Crippen LogP contribution in [0.4, 0.5) is 14.7 Å². The molecule has 10 heteroatoms. The maximum absolute atomic E-state index is 13.0. The fraction of sp³-hybridized carbons (Fsp3) is 0.200. The van der Waals surface area contributed by atoms with Gasteiger partial charge >= 0.3 is 0 Å². The van der Waals surface area contributed by atoms with Gasteiger partial charge in [0, 0.05) is 17.5 Å². The molecule has 130 valence electrons. The van der Waals surface area contributed by atoms with Crippen molar-refractivity contribution in [2.24, 2.45) is 0 Å². The number of nitrogens with zero attached hydrogens (tertiary/aromatic N) is 3. The van der Waals surface area contributed by atoms with Crippen LogP contribution in [0.25, 0.3) is 11.3 Å². The van der Waals surface area contributed by atoms with E-state index in [9.17, 15) is 9.18 Å². The number of amides is 1. The molecule has 0 saturated heterocycles. The third-order valence-electron chi connectivity index (χ3n) is 2.95. The number of anilines is 2. The second-order valence-electron chi connectivity index (χ2n) is 4.79. The minimum atomic E-state index is -0.293. The molecule has 2 N–H and O–H groups in total. The summed E-state index contributed by atoms with van der Waals surface area (Å²) in [4.78, 5) is 16.4. The fourth-order valence-electron chi connectivity index (χ4n) is 1.86. The maximum atomic E-state index is 13.0. The number of carbonyl (C=O) groups is 1. The molecule has 0 saturated carbocycles. The van der Waals surface area contributed by atoms with E-state index in [4.69, 9.17) is 0 Å². The Morgan fingerprint density at radius 3 is 2.80 bits per heavy atom. The molecule has 0 spiro atoms. The standard InChI is InChI=1S/C15H14FN5OS3/c1-2-17-13-20-21-15(25-13)24-8-12(22)19-14-18-11(7-23-14)9-3-5-10(16)6-4-9/h3-7H,2,8H2,1H3,(H,17,20)(H,18,19,22). The van der Waals surface area contributed by atoms with Gasteiger partial charge in [0.1, 0.15) is 5.82 Å². The first-order chi connectivity index (χ1) is 12.1. The lowest BCUT2D eigenvalue weighted by Gasteiger charge is -1.99. The Balaban J connectivity index is 1.53. The van der Waals surface area contributed by atoms with Crippen molar-refractivity contribution in [2.75, 3.05) is 22.9 Å². The average Bonchev–Trinajstić information content (AvgIpc) is 3.24. The topological polar surface area (TPSA) is 79.8 Å². The molecule has 0 aliphatic rings. The highest BCUT2D eigenvalue weighted by molar-refractivity contribution is 8.01. The first-order valence-electron chi connectivity index (χ1n) is 7.35. The zero-order chi connectivity index (χ0) is 17.6. The van der Waals surface area contributed by atoms with Gasteiger partial charge in [-0.3, -0.25) is 4.79 Å². The zero-order valence-corrected chi connectivity index (χ0v) is 15.6. The van der Waals surface area contributed by atoms with E-state index >= 15 is 0 Å². The van der Waals surface area contributed by atoms with Crippen molar-refractivity contribution in [1.82, 2.24) is 15.2 Å². The molecule has 1 amide bonds. The van der Waals surface area contributed by atoms with Crippen LogP contribution in [0.1, 0.15) is 6.92 Å². The van der Waals surface area contributed by atoms with Crippen LogP contribution in [0, 0.1) is 5.82 Å². The van der Waals surface area contributed by atoms with Crippen LogP contribution in [0.15, 0.2) is 34.0 Å². The second kappa shape index (κ2) is 8.37. The van der Waals surface area contributed by atoms with Crippen LogP contribution in [-0.4, -0.2) is 33.4 Å². The molecule has 3 rings (SSSR count). The molecule has 0 aliphatic carbocycles. The van der Waals surface area contributed by atoms with Gasteiger partial charge in [-0.2, -0.15) is 0 Å². The summed E-state index contributed by atoms with van der Waals surface area (Å²) >= 11 is 4.07. The fourth-order valence-corrected chi connectivity index (χ4v) is 4.21. The molecule has 0 bridgehead atoms. The first kappa shape index (κ1) is 17.8. The molecule has 0 fully saturated rings. The summed E-state index contributed by atoms with van der Waals surface area (Å²) in [6.45, 7) is 2.76. The molecule has 0 aliphatic heterocycles. The number of nitrogens with one attached hydrogen (secondary N) is 2. The van der Waals surface area contributed by atoms with Gasteiger partial charge in [0.05, 0.1) is 11.4 Å². The first-order valence-corrected chi connectivity index (χ1v) is 10.0. The van der Waals surface area contributed by atoms with E-state index in [1.807, 2.05) is 12.3 Å². The SMILES string of the molecule is CCNc1nnc(SCC(=O)Nc2nc(-c3ccc(F)cc3)cs2)s1. The Labute approximate surface area is 155 Å². The number of hydrogen-bond acceptors (Lipinski definition) is 8. The van der Waals surface area contributed by atoms with Crippen LogP contribution >= 0.6 is 34.4 Å². The predicted molar refractivity (Wildman–Crippen MR) is 101 cm³/mol. The molecule has 0 radical (unpaired) electrons. The minimum absolute atomic E-state index is 0.162. The van der Waals surface area contributed by atoms with Gasteiger partial charge in [0.25, 0.3) is 0 Å². The molecule has 1 aromatic carbocycles. The monoisotopic (exact) mass is 395 g/mol.